The van der Waals surface area contributed by atoms with Gasteiger partial charge in [-0.25, -0.2) is 4.39 Å². The highest BCUT2D eigenvalue weighted by molar-refractivity contribution is 8.00. The van der Waals surface area contributed by atoms with Crippen molar-refractivity contribution in [3.05, 3.63) is 112 Å². The molecular weight excluding hydrogens is 509 g/mol. The number of hydrogen-bond donors (Lipinski definition) is 1. The molecule has 1 unspecified atom stereocenters. The van der Waals surface area contributed by atoms with Crippen molar-refractivity contribution in [1.29, 1.82) is 0 Å². The van der Waals surface area contributed by atoms with Crippen LogP contribution < -0.4 is 4.90 Å². The number of benzene rings is 3. The van der Waals surface area contributed by atoms with Gasteiger partial charge < -0.3 is 5.11 Å². The molecule has 1 aliphatic rings. The molecule has 0 bridgehead atoms. The number of thioether (sulfide) groups is 1. The van der Waals surface area contributed by atoms with E-state index in [1.165, 1.54) is 22.7 Å². The Morgan fingerprint density at radius 2 is 1.76 bits per heavy atom. The molecule has 6 nitrogen and oxygen atoms in total. The number of aryl methyl sites for hydroxylation is 2. The first-order valence-corrected chi connectivity index (χ1v) is 13.3. The molecule has 1 aliphatic heterocycles. The smallest absolute Gasteiger partial charge is 0.301 e. The van der Waals surface area contributed by atoms with E-state index in [-0.39, 0.29) is 22.3 Å². The standard InChI is InChI=1S/C28H22FN3O3S2/c1-16-12-13-17(2)20(14-16)24(33)22-23(18-8-4-3-5-9-18)32(26(35)25(22)34)27-30-31-28(37-27)36-15-19-10-6-7-11-21(19)29/h3-14,23,33H,15H2,1-2H3/b24-22+. The van der Waals surface area contributed by atoms with Crippen molar-refractivity contribution in [1.82, 2.24) is 10.2 Å². The molecule has 1 fully saturated rings. The van der Waals surface area contributed by atoms with E-state index in [0.29, 0.717) is 26.8 Å². The molecule has 0 radical (unpaired) electrons. The van der Waals surface area contributed by atoms with E-state index < -0.39 is 17.7 Å². The molecule has 186 valence electrons. The van der Waals surface area contributed by atoms with E-state index in [2.05, 4.69) is 10.2 Å². The number of amides is 1. The predicted molar refractivity (Wildman–Crippen MR) is 143 cm³/mol. The third kappa shape index (κ3) is 4.80. The quantitative estimate of drug-likeness (QED) is 0.105. The predicted octanol–water partition coefficient (Wildman–Crippen LogP) is 6.21. The Balaban J connectivity index is 1.56. The van der Waals surface area contributed by atoms with Crippen LogP contribution in [0.5, 0.6) is 0 Å². The largest absolute Gasteiger partial charge is 0.507 e. The summed E-state index contributed by atoms with van der Waals surface area (Å²) in [6.45, 7) is 3.73. The summed E-state index contributed by atoms with van der Waals surface area (Å²) in [6, 6.07) is 20.2. The maximum Gasteiger partial charge on any atom is 0.301 e. The molecule has 2 heterocycles. The number of Topliss-reactive ketones (excluding diaryl/α,β-unsaturated/α-hetero) is 1. The molecule has 9 heteroatoms. The van der Waals surface area contributed by atoms with Crippen LogP contribution in [-0.4, -0.2) is 27.0 Å². The molecule has 1 aromatic heterocycles. The summed E-state index contributed by atoms with van der Waals surface area (Å²) in [7, 11) is 0. The number of halogens is 1. The van der Waals surface area contributed by atoms with Crippen LogP contribution >= 0.6 is 23.1 Å². The van der Waals surface area contributed by atoms with Crippen LogP contribution in [0.1, 0.15) is 33.9 Å². The van der Waals surface area contributed by atoms with E-state index in [4.69, 9.17) is 0 Å². The zero-order valence-corrected chi connectivity index (χ0v) is 21.6. The fourth-order valence-electron chi connectivity index (χ4n) is 4.23. The van der Waals surface area contributed by atoms with E-state index in [1.807, 2.05) is 44.2 Å². The van der Waals surface area contributed by atoms with Crippen LogP contribution in [0.15, 0.2) is 82.7 Å². The van der Waals surface area contributed by atoms with Gasteiger partial charge in [0, 0.05) is 11.3 Å². The fourth-order valence-corrected chi connectivity index (χ4v) is 6.08. The first-order chi connectivity index (χ1) is 17.8. The summed E-state index contributed by atoms with van der Waals surface area (Å²) in [4.78, 5) is 28.0. The molecule has 0 aliphatic carbocycles. The summed E-state index contributed by atoms with van der Waals surface area (Å²) < 4.78 is 14.6. The van der Waals surface area contributed by atoms with Crippen molar-refractivity contribution in [3.8, 4) is 0 Å². The van der Waals surface area contributed by atoms with Crippen LogP contribution in [0.2, 0.25) is 0 Å². The van der Waals surface area contributed by atoms with E-state index >= 15 is 0 Å². The van der Waals surface area contributed by atoms with Gasteiger partial charge in [-0.05, 0) is 42.7 Å². The summed E-state index contributed by atoms with van der Waals surface area (Å²) in [5, 5.41) is 20.0. The Morgan fingerprint density at radius 1 is 1.03 bits per heavy atom. The van der Waals surface area contributed by atoms with Crippen molar-refractivity contribution >= 4 is 45.7 Å². The second-order valence-electron chi connectivity index (χ2n) is 8.63. The van der Waals surface area contributed by atoms with Gasteiger partial charge in [0.1, 0.15) is 11.6 Å². The monoisotopic (exact) mass is 531 g/mol. The minimum atomic E-state index is -0.876. The molecule has 1 atom stereocenters. The Hall–Kier alpha value is -3.82. The average Bonchev–Trinajstić information content (AvgIpc) is 3.47. The minimum absolute atomic E-state index is 0.000611. The highest BCUT2D eigenvalue weighted by Crippen LogP contribution is 2.44. The second kappa shape index (κ2) is 10.3. The molecule has 5 rings (SSSR count). The van der Waals surface area contributed by atoms with Gasteiger partial charge in [-0.1, -0.05) is 89.3 Å². The first kappa shape index (κ1) is 24.9. The maximum atomic E-state index is 14.0. The van der Waals surface area contributed by atoms with Crippen LogP contribution in [-0.2, 0) is 15.3 Å². The first-order valence-electron chi connectivity index (χ1n) is 11.5. The number of aliphatic hydroxyl groups is 1. The lowest BCUT2D eigenvalue weighted by Crippen LogP contribution is -2.29. The van der Waals surface area contributed by atoms with Crippen LogP contribution in [0.25, 0.3) is 5.76 Å². The number of ketones is 1. The molecule has 4 aromatic rings. The number of nitrogens with zero attached hydrogens (tertiary/aromatic N) is 3. The number of carbonyl (C=O) groups is 2. The number of aliphatic hydroxyl groups excluding tert-OH is 1. The average molecular weight is 532 g/mol. The normalized spacial score (nSPS) is 16.9. The van der Waals surface area contributed by atoms with Crippen LogP contribution in [0.4, 0.5) is 9.52 Å². The summed E-state index contributed by atoms with van der Waals surface area (Å²) in [6.07, 6.45) is 0. The van der Waals surface area contributed by atoms with Gasteiger partial charge in [0.15, 0.2) is 4.34 Å². The van der Waals surface area contributed by atoms with E-state index in [0.717, 1.165) is 22.5 Å². The SMILES string of the molecule is Cc1ccc(C)c(/C(O)=C2\C(=O)C(=O)N(c3nnc(SCc4ccccc4F)s3)C2c2ccccc2)c1. The zero-order valence-electron chi connectivity index (χ0n) is 20.0. The number of rotatable bonds is 6. The number of carbonyl (C=O) groups excluding carboxylic acids is 2. The molecular formula is C28H22FN3O3S2. The van der Waals surface area contributed by atoms with Crippen molar-refractivity contribution in [2.24, 2.45) is 0 Å². The maximum absolute atomic E-state index is 14.0. The number of anilines is 1. The molecule has 37 heavy (non-hydrogen) atoms. The third-order valence-electron chi connectivity index (χ3n) is 6.12. The fraction of sp³-hybridized carbons (Fsp3) is 0.143. The molecule has 1 N–H and O–H groups in total. The summed E-state index contributed by atoms with van der Waals surface area (Å²) in [5.74, 6) is -1.77. The van der Waals surface area contributed by atoms with Gasteiger partial charge in [-0.2, -0.15) is 0 Å². The second-order valence-corrected chi connectivity index (χ2v) is 10.8. The lowest BCUT2D eigenvalue weighted by molar-refractivity contribution is -0.132. The van der Waals surface area contributed by atoms with Gasteiger partial charge >= 0.3 is 5.91 Å². The minimum Gasteiger partial charge on any atom is -0.507 e. The lowest BCUT2D eigenvalue weighted by Gasteiger charge is -2.22. The molecule has 1 amide bonds. The Morgan fingerprint density at radius 3 is 2.51 bits per heavy atom. The summed E-state index contributed by atoms with van der Waals surface area (Å²) in [5.41, 5.74) is 3.38. The van der Waals surface area contributed by atoms with E-state index in [1.54, 1.807) is 36.4 Å². The topological polar surface area (TPSA) is 83.4 Å². The van der Waals surface area contributed by atoms with Crippen molar-refractivity contribution in [2.75, 3.05) is 4.90 Å². The Labute approximate surface area is 221 Å². The molecule has 3 aromatic carbocycles. The molecule has 1 saturated heterocycles. The third-order valence-corrected chi connectivity index (χ3v) is 8.22. The summed E-state index contributed by atoms with van der Waals surface area (Å²) >= 11 is 2.44. The van der Waals surface area contributed by atoms with Gasteiger partial charge in [0.25, 0.3) is 5.78 Å². The zero-order chi connectivity index (χ0) is 26.1. The van der Waals surface area contributed by atoms with Crippen LogP contribution in [0, 0.1) is 19.7 Å². The molecule has 0 saturated carbocycles. The van der Waals surface area contributed by atoms with Gasteiger partial charge in [-0.3, -0.25) is 14.5 Å². The number of hydrogen-bond acceptors (Lipinski definition) is 7. The van der Waals surface area contributed by atoms with Crippen molar-refractivity contribution in [2.45, 2.75) is 30.0 Å². The Bertz CT molecular complexity index is 1530. The lowest BCUT2D eigenvalue weighted by atomic mass is 9.93. The van der Waals surface area contributed by atoms with Gasteiger partial charge in [-0.15, -0.1) is 10.2 Å². The highest BCUT2D eigenvalue weighted by atomic mass is 32.2. The van der Waals surface area contributed by atoms with Crippen molar-refractivity contribution in [3.63, 3.8) is 0 Å². The number of aromatic nitrogens is 2. The van der Waals surface area contributed by atoms with Gasteiger partial charge in [0.05, 0.1) is 11.6 Å². The van der Waals surface area contributed by atoms with E-state index in [9.17, 15) is 19.1 Å². The van der Waals surface area contributed by atoms with Crippen molar-refractivity contribution < 1.29 is 19.1 Å². The van der Waals surface area contributed by atoms with Crippen LogP contribution in [0.3, 0.4) is 0 Å². The Kier molecular flexibility index (Phi) is 6.90. The van der Waals surface area contributed by atoms with Gasteiger partial charge in [0.2, 0.25) is 5.13 Å². The highest BCUT2D eigenvalue weighted by Gasteiger charge is 2.48. The molecule has 0 spiro atoms.